The van der Waals surface area contributed by atoms with Gasteiger partial charge in [-0.15, -0.1) is 24.0 Å². The van der Waals surface area contributed by atoms with E-state index in [-0.39, 0.29) is 49.4 Å². The van der Waals surface area contributed by atoms with E-state index in [4.69, 9.17) is 0 Å². The Labute approximate surface area is 162 Å². The fourth-order valence-corrected chi connectivity index (χ4v) is 4.36. The van der Waals surface area contributed by atoms with Crippen LogP contribution in [0.2, 0.25) is 0 Å². The predicted molar refractivity (Wildman–Crippen MR) is 103 cm³/mol. The second-order valence-electron chi connectivity index (χ2n) is 6.47. The normalized spacial score (nSPS) is 31.5. The Morgan fingerprint density at radius 2 is 2.12 bits per heavy atom. The molecule has 0 radical (unpaired) electrons. The average Bonchev–Trinajstić information content (AvgIpc) is 2.92. The molecule has 0 aromatic carbocycles. The number of aliphatic imine (C=N–C) groups is 1. The third kappa shape index (κ3) is 6.78. The Kier molecular flexibility index (Phi) is 8.95. The van der Waals surface area contributed by atoms with Crippen molar-refractivity contribution in [3.8, 4) is 0 Å². The average molecular weight is 481 g/mol. The number of nitrogens with zero attached hydrogens (tertiary/aromatic N) is 1. The van der Waals surface area contributed by atoms with E-state index in [2.05, 4.69) is 15.6 Å². The minimum absolute atomic E-state index is 0. The lowest BCUT2D eigenvalue weighted by Gasteiger charge is -2.32. The zero-order valence-electron chi connectivity index (χ0n) is 13.9. The first-order valence-electron chi connectivity index (χ1n) is 8.24. The van der Waals surface area contributed by atoms with E-state index < -0.39 is 17.7 Å². The number of guanidine groups is 1. The van der Waals surface area contributed by atoms with E-state index in [0.717, 1.165) is 12.2 Å². The molecule has 0 aromatic heterocycles. The van der Waals surface area contributed by atoms with E-state index in [0.29, 0.717) is 31.1 Å². The number of hydrogen-bond donors (Lipinski definition) is 3. The van der Waals surface area contributed by atoms with Crippen LogP contribution in [-0.4, -0.2) is 53.5 Å². The van der Waals surface area contributed by atoms with Crippen LogP contribution in [0.15, 0.2) is 4.99 Å². The quantitative estimate of drug-likeness (QED) is 0.328. The zero-order chi connectivity index (χ0) is 16.9. The van der Waals surface area contributed by atoms with E-state index in [1.54, 1.807) is 11.8 Å². The molecule has 24 heavy (non-hydrogen) atoms. The molecule has 3 unspecified atom stereocenters. The van der Waals surface area contributed by atoms with Crippen molar-refractivity contribution in [1.29, 1.82) is 0 Å². The molecule has 1 heterocycles. The molecule has 1 saturated heterocycles. The van der Waals surface area contributed by atoms with Crippen molar-refractivity contribution in [2.45, 2.75) is 56.8 Å². The van der Waals surface area contributed by atoms with Crippen LogP contribution in [0.5, 0.6) is 0 Å². The lowest BCUT2D eigenvalue weighted by molar-refractivity contribution is -0.183. The Bertz CT molecular complexity index is 417. The summed E-state index contributed by atoms with van der Waals surface area (Å²) < 4.78 is 38.7. The summed E-state index contributed by atoms with van der Waals surface area (Å²) in [5.74, 6) is 0.860. The van der Waals surface area contributed by atoms with Crippen LogP contribution in [0.1, 0.15) is 39.0 Å². The molecule has 0 bridgehead atoms. The summed E-state index contributed by atoms with van der Waals surface area (Å²) in [6, 6.07) is -0.222. The molecule has 0 spiro atoms. The summed E-state index contributed by atoms with van der Waals surface area (Å²) in [5, 5.41) is 16.5. The van der Waals surface area contributed by atoms with Gasteiger partial charge in [-0.05, 0) is 38.4 Å². The van der Waals surface area contributed by atoms with Crippen LogP contribution in [0.4, 0.5) is 13.2 Å². The fourth-order valence-electron chi connectivity index (χ4n) is 3.08. The van der Waals surface area contributed by atoms with Gasteiger partial charge in [-0.2, -0.15) is 24.9 Å². The monoisotopic (exact) mass is 481 g/mol. The smallest absolute Gasteiger partial charge is 0.387 e. The van der Waals surface area contributed by atoms with Crippen molar-refractivity contribution >= 4 is 41.7 Å². The third-order valence-corrected chi connectivity index (χ3v) is 5.67. The van der Waals surface area contributed by atoms with Crippen molar-refractivity contribution in [2.75, 3.05) is 24.6 Å². The second kappa shape index (κ2) is 9.70. The first-order valence-corrected chi connectivity index (χ1v) is 9.39. The van der Waals surface area contributed by atoms with Crippen LogP contribution in [-0.2, 0) is 0 Å². The summed E-state index contributed by atoms with van der Waals surface area (Å²) in [4.78, 5) is 4.40. The van der Waals surface area contributed by atoms with Crippen LogP contribution in [0.3, 0.4) is 0 Å². The number of aliphatic hydroxyl groups is 1. The van der Waals surface area contributed by atoms with Gasteiger partial charge >= 0.3 is 6.18 Å². The SMILES string of the molecule is CCNC(=NCC1(O)CCSC1)NC1CCCC(C(F)(F)F)C1.I. The third-order valence-electron chi connectivity index (χ3n) is 4.44. The summed E-state index contributed by atoms with van der Waals surface area (Å²) in [7, 11) is 0. The topological polar surface area (TPSA) is 56.7 Å². The van der Waals surface area contributed by atoms with Crippen LogP contribution in [0, 0.1) is 5.92 Å². The van der Waals surface area contributed by atoms with Gasteiger partial charge in [-0.3, -0.25) is 4.99 Å². The molecule has 4 nitrogen and oxygen atoms in total. The summed E-state index contributed by atoms with van der Waals surface area (Å²) in [6.07, 6.45) is -1.81. The lowest BCUT2D eigenvalue weighted by atomic mass is 9.85. The van der Waals surface area contributed by atoms with Crippen molar-refractivity contribution in [1.82, 2.24) is 10.6 Å². The maximum Gasteiger partial charge on any atom is 0.391 e. The number of hydrogen-bond acceptors (Lipinski definition) is 3. The molecule has 1 aliphatic carbocycles. The van der Waals surface area contributed by atoms with Gasteiger partial charge in [0.2, 0.25) is 0 Å². The molecule has 0 amide bonds. The van der Waals surface area contributed by atoms with Crippen molar-refractivity contribution in [3.05, 3.63) is 0 Å². The molecular formula is C15H27F3IN3OS. The minimum atomic E-state index is -4.12. The highest BCUT2D eigenvalue weighted by Crippen LogP contribution is 2.37. The largest absolute Gasteiger partial charge is 0.391 e. The van der Waals surface area contributed by atoms with Gasteiger partial charge in [0.15, 0.2) is 5.96 Å². The van der Waals surface area contributed by atoms with Gasteiger partial charge in [-0.25, -0.2) is 0 Å². The lowest BCUT2D eigenvalue weighted by Crippen LogP contribution is -2.47. The van der Waals surface area contributed by atoms with Crippen molar-refractivity contribution in [2.24, 2.45) is 10.9 Å². The van der Waals surface area contributed by atoms with Gasteiger partial charge in [0.1, 0.15) is 0 Å². The Morgan fingerprint density at radius 1 is 1.38 bits per heavy atom. The van der Waals surface area contributed by atoms with Gasteiger partial charge in [0.05, 0.1) is 18.1 Å². The number of alkyl halides is 3. The highest BCUT2D eigenvalue weighted by molar-refractivity contribution is 14.0. The maximum atomic E-state index is 12.9. The number of thioether (sulfide) groups is 1. The molecule has 2 fully saturated rings. The van der Waals surface area contributed by atoms with Gasteiger partial charge in [0.25, 0.3) is 0 Å². The molecule has 3 N–H and O–H groups in total. The number of rotatable bonds is 4. The van der Waals surface area contributed by atoms with E-state index >= 15 is 0 Å². The highest BCUT2D eigenvalue weighted by atomic mass is 127. The highest BCUT2D eigenvalue weighted by Gasteiger charge is 2.42. The van der Waals surface area contributed by atoms with Crippen molar-refractivity contribution in [3.63, 3.8) is 0 Å². The van der Waals surface area contributed by atoms with Gasteiger partial charge in [0, 0.05) is 18.3 Å². The number of nitrogens with one attached hydrogen (secondary N) is 2. The van der Waals surface area contributed by atoms with Gasteiger partial charge < -0.3 is 15.7 Å². The summed E-state index contributed by atoms with van der Waals surface area (Å²) in [5.41, 5.74) is -0.784. The Hall–Kier alpha value is 0.1000. The fraction of sp³-hybridized carbons (Fsp3) is 0.933. The van der Waals surface area contributed by atoms with Gasteiger partial charge in [-0.1, -0.05) is 6.42 Å². The molecule has 1 saturated carbocycles. The Balaban J connectivity index is 0.00000288. The molecule has 1 aliphatic heterocycles. The zero-order valence-corrected chi connectivity index (χ0v) is 17.0. The maximum absolute atomic E-state index is 12.9. The molecule has 2 rings (SSSR count). The van der Waals surface area contributed by atoms with Crippen LogP contribution in [0.25, 0.3) is 0 Å². The Morgan fingerprint density at radius 3 is 2.71 bits per heavy atom. The molecule has 9 heteroatoms. The first-order chi connectivity index (χ1) is 10.8. The first kappa shape index (κ1) is 22.1. The molecule has 3 atom stereocenters. The predicted octanol–water partition coefficient (Wildman–Crippen LogP) is 3.15. The summed E-state index contributed by atoms with van der Waals surface area (Å²) >= 11 is 1.70. The molecular weight excluding hydrogens is 454 g/mol. The van der Waals surface area contributed by atoms with E-state index in [9.17, 15) is 18.3 Å². The van der Waals surface area contributed by atoms with Crippen molar-refractivity contribution < 1.29 is 18.3 Å². The number of halogens is 4. The molecule has 0 aromatic rings. The van der Waals surface area contributed by atoms with Crippen LogP contribution < -0.4 is 10.6 Å². The minimum Gasteiger partial charge on any atom is -0.387 e. The summed E-state index contributed by atoms with van der Waals surface area (Å²) in [6.45, 7) is 2.83. The van der Waals surface area contributed by atoms with E-state index in [1.165, 1.54) is 0 Å². The standard InChI is InChI=1S/C15H26F3N3OS.HI/c1-2-19-13(20-9-14(22)6-7-23-10-14)21-12-5-3-4-11(8-12)15(16,17)18;/h11-12,22H,2-10H2,1H3,(H2,19,20,21);1H. The second-order valence-corrected chi connectivity index (χ2v) is 7.57. The van der Waals surface area contributed by atoms with E-state index in [1.807, 2.05) is 6.92 Å². The van der Waals surface area contributed by atoms with Crippen LogP contribution >= 0.6 is 35.7 Å². The molecule has 142 valence electrons. The molecule has 2 aliphatic rings.